The molecule has 0 radical (unpaired) electrons. The topological polar surface area (TPSA) is 92.8 Å². The van der Waals surface area contributed by atoms with Crippen LogP contribution in [0.25, 0.3) is 0 Å². The van der Waals surface area contributed by atoms with Crippen LogP contribution in [0.5, 0.6) is 0 Å². The number of carbonyl (C=O) groups is 2. The van der Waals surface area contributed by atoms with E-state index in [0.29, 0.717) is 11.3 Å². The third-order valence-electron chi connectivity index (χ3n) is 4.89. The summed E-state index contributed by atoms with van der Waals surface area (Å²) >= 11 is 0. The lowest BCUT2D eigenvalue weighted by molar-refractivity contribution is -0.114. The summed E-state index contributed by atoms with van der Waals surface area (Å²) in [6.45, 7) is 3.16. The van der Waals surface area contributed by atoms with Crippen molar-refractivity contribution < 1.29 is 22.7 Å². The number of aryl methyl sites for hydroxylation is 2. The molecule has 0 aliphatic carbocycles. The van der Waals surface area contributed by atoms with Crippen molar-refractivity contribution in [3.8, 4) is 0 Å². The zero-order valence-corrected chi connectivity index (χ0v) is 18.8. The Morgan fingerprint density at radius 3 is 2.19 bits per heavy atom. The number of carbonyl (C=O) groups excluding carboxylic acids is 2. The molecule has 0 unspecified atom stereocenters. The number of hydrogen-bond acceptors (Lipinski definition) is 5. The molecule has 1 N–H and O–H groups in total. The van der Waals surface area contributed by atoms with Crippen molar-refractivity contribution in [2.24, 2.45) is 0 Å². The van der Waals surface area contributed by atoms with Gasteiger partial charge in [-0.15, -0.1) is 0 Å². The maximum absolute atomic E-state index is 13.5. The van der Waals surface area contributed by atoms with Crippen LogP contribution in [-0.4, -0.2) is 33.9 Å². The molecule has 8 heteroatoms. The highest BCUT2D eigenvalue weighted by atomic mass is 32.2. The summed E-state index contributed by atoms with van der Waals surface area (Å²) in [5.41, 5.74) is 2.42. The van der Waals surface area contributed by atoms with Crippen molar-refractivity contribution >= 4 is 33.3 Å². The Morgan fingerprint density at radius 1 is 0.906 bits per heavy atom. The third-order valence-corrected chi connectivity index (χ3v) is 6.66. The number of methoxy groups -OCH3 is 1. The Labute approximate surface area is 187 Å². The molecule has 32 heavy (non-hydrogen) atoms. The van der Waals surface area contributed by atoms with Crippen molar-refractivity contribution in [3.05, 3.63) is 89.5 Å². The normalized spacial score (nSPS) is 11.0. The largest absolute Gasteiger partial charge is 0.465 e. The molecule has 0 heterocycles. The first-order valence-electron chi connectivity index (χ1n) is 9.86. The number of amides is 1. The molecule has 0 fully saturated rings. The molecule has 3 rings (SSSR count). The van der Waals surface area contributed by atoms with Gasteiger partial charge in [-0.1, -0.05) is 48.0 Å². The molecule has 0 atom stereocenters. The summed E-state index contributed by atoms with van der Waals surface area (Å²) < 4.78 is 32.8. The molecule has 0 saturated heterocycles. The van der Waals surface area contributed by atoms with Gasteiger partial charge < -0.3 is 10.1 Å². The average Bonchev–Trinajstić information content (AvgIpc) is 2.78. The van der Waals surface area contributed by atoms with Gasteiger partial charge in [0.2, 0.25) is 5.91 Å². The van der Waals surface area contributed by atoms with E-state index in [1.165, 1.54) is 25.3 Å². The van der Waals surface area contributed by atoms with Gasteiger partial charge in [-0.3, -0.25) is 9.10 Å². The molecular weight excluding hydrogens is 428 g/mol. The van der Waals surface area contributed by atoms with Crippen LogP contribution in [0, 0.1) is 13.8 Å². The van der Waals surface area contributed by atoms with Gasteiger partial charge in [0.1, 0.15) is 6.54 Å². The lowest BCUT2D eigenvalue weighted by Crippen LogP contribution is -2.38. The fraction of sp³-hybridized carbons (Fsp3) is 0.167. The van der Waals surface area contributed by atoms with Crippen molar-refractivity contribution in [1.29, 1.82) is 0 Å². The van der Waals surface area contributed by atoms with Crippen LogP contribution in [0.3, 0.4) is 0 Å². The van der Waals surface area contributed by atoms with Gasteiger partial charge in [0, 0.05) is 0 Å². The van der Waals surface area contributed by atoms with E-state index in [-0.39, 0.29) is 16.1 Å². The summed E-state index contributed by atoms with van der Waals surface area (Å²) in [5, 5.41) is 2.63. The molecule has 0 aliphatic heterocycles. The predicted octanol–water partition coefficient (Wildman–Crippen LogP) is 3.92. The zero-order chi connectivity index (χ0) is 23.3. The molecule has 3 aromatic rings. The van der Waals surface area contributed by atoms with Gasteiger partial charge in [-0.25, -0.2) is 13.2 Å². The van der Waals surface area contributed by atoms with Gasteiger partial charge in [0.25, 0.3) is 10.0 Å². The number of hydrogen-bond donors (Lipinski definition) is 1. The van der Waals surface area contributed by atoms with E-state index >= 15 is 0 Å². The Balaban J connectivity index is 1.97. The van der Waals surface area contributed by atoms with Crippen LogP contribution in [0.1, 0.15) is 21.5 Å². The number of benzene rings is 3. The number of anilines is 2. The SMILES string of the molecule is COC(=O)c1ccccc1NC(=O)CN(c1ccccc1C)S(=O)(=O)c1ccc(C)cc1. The van der Waals surface area contributed by atoms with Crippen molar-refractivity contribution in [3.63, 3.8) is 0 Å². The third kappa shape index (κ3) is 4.97. The monoisotopic (exact) mass is 452 g/mol. The first-order chi connectivity index (χ1) is 15.2. The highest BCUT2D eigenvalue weighted by molar-refractivity contribution is 7.92. The number of rotatable bonds is 7. The molecule has 0 saturated carbocycles. The van der Waals surface area contributed by atoms with E-state index < -0.39 is 28.4 Å². The summed E-state index contributed by atoms with van der Waals surface area (Å²) in [6.07, 6.45) is 0. The molecule has 0 spiro atoms. The standard InChI is InChI=1S/C24H24N2O5S/c1-17-12-14-19(15-13-17)32(29,30)26(22-11-7-4-8-18(22)2)16-23(27)25-21-10-6-5-9-20(21)24(28)31-3/h4-15H,16H2,1-3H3,(H,25,27). The predicted molar refractivity (Wildman–Crippen MR) is 123 cm³/mol. The lowest BCUT2D eigenvalue weighted by Gasteiger charge is -2.25. The second-order valence-electron chi connectivity index (χ2n) is 7.20. The highest BCUT2D eigenvalue weighted by Gasteiger charge is 2.28. The smallest absolute Gasteiger partial charge is 0.339 e. The molecule has 1 amide bonds. The minimum absolute atomic E-state index is 0.0779. The molecular formula is C24H24N2O5S. The molecule has 166 valence electrons. The van der Waals surface area contributed by atoms with E-state index in [9.17, 15) is 18.0 Å². The summed E-state index contributed by atoms with van der Waals surface area (Å²) in [5.74, 6) is -1.20. The highest BCUT2D eigenvalue weighted by Crippen LogP contribution is 2.27. The molecule has 0 bridgehead atoms. The number of nitrogens with one attached hydrogen (secondary N) is 1. The fourth-order valence-corrected chi connectivity index (χ4v) is 4.67. The van der Waals surface area contributed by atoms with E-state index in [2.05, 4.69) is 5.32 Å². The minimum atomic E-state index is -4.03. The van der Waals surface area contributed by atoms with Crippen LogP contribution in [0.4, 0.5) is 11.4 Å². The zero-order valence-electron chi connectivity index (χ0n) is 18.0. The van der Waals surface area contributed by atoms with E-state index in [0.717, 1.165) is 9.87 Å². The Hall–Kier alpha value is -3.65. The summed E-state index contributed by atoms with van der Waals surface area (Å²) in [4.78, 5) is 25.0. The molecule has 0 aromatic heterocycles. The summed E-state index contributed by atoms with van der Waals surface area (Å²) in [7, 11) is -2.79. The van der Waals surface area contributed by atoms with Crippen LogP contribution in [0.15, 0.2) is 77.7 Å². The number of ether oxygens (including phenoxy) is 1. The second kappa shape index (κ2) is 9.65. The first kappa shape index (κ1) is 23.0. The second-order valence-corrected chi connectivity index (χ2v) is 9.06. The van der Waals surface area contributed by atoms with E-state index in [4.69, 9.17) is 4.74 Å². The lowest BCUT2D eigenvalue weighted by atomic mass is 10.1. The van der Waals surface area contributed by atoms with E-state index in [1.54, 1.807) is 61.5 Å². The Kier molecular flexibility index (Phi) is 6.95. The molecule has 3 aromatic carbocycles. The van der Waals surface area contributed by atoms with Crippen molar-refractivity contribution in [2.45, 2.75) is 18.7 Å². The van der Waals surface area contributed by atoms with Crippen LogP contribution in [-0.2, 0) is 19.6 Å². The van der Waals surface area contributed by atoms with Crippen molar-refractivity contribution in [1.82, 2.24) is 0 Å². The number of para-hydroxylation sites is 2. The van der Waals surface area contributed by atoms with Crippen LogP contribution >= 0.6 is 0 Å². The fourth-order valence-electron chi connectivity index (χ4n) is 3.18. The van der Waals surface area contributed by atoms with Crippen LogP contribution in [0.2, 0.25) is 0 Å². The van der Waals surface area contributed by atoms with Gasteiger partial charge >= 0.3 is 5.97 Å². The molecule has 0 aliphatic rings. The Bertz CT molecular complexity index is 1240. The maximum Gasteiger partial charge on any atom is 0.339 e. The number of nitrogens with zero attached hydrogens (tertiary/aromatic N) is 1. The van der Waals surface area contributed by atoms with Gasteiger partial charge in [0.05, 0.1) is 28.9 Å². The Morgan fingerprint density at radius 2 is 1.53 bits per heavy atom. The van der Waals surface area contributed by atoms with Gasteiger partial charge in [-0.05, 0) is 49.7 Å². The number of esters is 1. The average molecular weight is 453 g/mol. The number of sulfonamides is 1. The van der Waals surface area contributed by atoms with Crippen molar-refractivity contribution in [2.75, 3.05) is 23.3 Å². The maximum atomic E-state index is 13.5. The first-order valence-corrected chi connectivity index (χ1v) is 11.3. The molecule has 7 nitrogen and oxygen atoms in total. The summed E-state index contributed by atoms with van der Waals surface area (Å²) in [6, 6.07) is 19.7. The van der Waals surface area contributed by atoms with Crippen LogP contribution < -0.4 is 9.62 Å². The quantitative estimate of drug-likeness (QED) is 0.549. The van der Waals surface area contributed by atoms with E-state index in [1.807, 2.05) is 6.92 Å². The minimum Gasteiger partial charge on any atom is -0.465 e. The van der Waals surface area contributed by atoms with Gasteiger partial charge in [0.15, 0.2) is 0 Å². The van der Waals surface area contributed by atoms with Gasteiger partial charge in [-0.2, -0.15) is 0 Å².